The van der Waals surface area contributed by atoms with Gasteiger partial charge >= 0.3 is 6.01 Å². The third-order valence-electron chi connectivity index (χ3n) is 2.30. The van der Waals surface area contributed by atoms with Crippen molar-refractivity contribution >= 4 is 11.9 Å². The fraction of sp³-hybridized carbons (Fsp3) is 0.500. The molecule has 0 bridgehead atoms. The molecule has 0 saturated carbocycles. The van der Waals surface area contributed by atoms with E-state index in [1.54, 1.807) is 13.1 Å². The second-order valence-electron chi connectivity index (χ2n) is 3.97. The normalized spacial score (nSPS) is 10.6. The van der Waals surface area contributed by atoms with Gasteiger partial charge in [0, 0.05) is 13.1 Å². The van der Waals surface area contributed by atoms with Crippen LogP contribution >= 0.6 is 0 Å². The van der Waals surface area contributed by atoms with Crippen LogP contribution in [0.5, 0.6) is 0 Å². The summed E-state index contributed by atoms with van der Waals surface area (Å²) in [5.74, 6) is 0.0825. The SMILES string of the molecule is Cc1nnc(NC(=O)Cn2cc(CCCN)nn2)o1. The number of carbonyl (C=O) groups is 1. The molecule has 0 saturated heterocycles. The zero-order valence-corrected chi connectivity index (χ0v) is 10.5. The van der Waals surface area contributed by atoms with Crippen LogP contribution in [0.15, 0.2) is 10.6 Å². The molecule has 102 valence electrons. The van der Waals surface area contributed by atoms with E-state index >= 15 is 0 Å². The molecule has 0 radical (unpaired) electrons. The van der Waals surface area contributed by atoms with Gasteiger partial charge < -0.3 is 10.2 Å². The first-order chi connectivity index (χ1) is 9.17. The summed E-state index contributed by atoms with van der Waals surface area (Å²) in [4.78, 5) is 11.7. The Bertz CT molecular complexity index is 548. The topological polar surface area (TPSA) is 125 Å². The van der Waals surface area contributed by atoms with Crippen LogP contribution in [0, 0.1) is 6.92 Å². The van der Waals surface area contributed by atoms with Crippen molar-refractivity contribution in [2.75, 3.05) is 11.9 Å². The standard InChI is InChI=1S/C10H15N7O2/c1-7-13-15-10(19-7)12-9(18)6-17-5-8(14-16-17)3-2-4-11/h5H,2-4,6,11H2,1H3,(H,12,15,18). The summed E-state index contributed by atoms with van der Waals surface area (Å²) in [6.07, 6.45) is 3.31. The van der Waals surface area contributed by atoms with Crippen molar-refractivity contribution in [2.45, 2.75) is 26.3 Å². The number of carbonyl (C=O) groups excluding carboxylic acids is 1. The minimum Gasteiger partial charge on any atom is -0.408 e. The predicted octanol–water partition coefficient (Wildman–Crippen LogP) is -0.500. The van der Waals surface area contributed by atoms with Gasteiger partial charge in [-0.3, -0.25) is 10.1 Å². The third kappa shape index (κ3) is 3.85. The smallest absolute Gasteiger partial charge is 0.322 e. The maximum absolute atomic E-state index is 11.7. The molecule has 1 amide bonds. The highest BCUT2D eigenvalue weighted by Crippen LogP contribution is 2.04. The first kappa shape index (κ1) is 13.1. The molecule has 0 atom stereocenters. The molecule has 19 heavy (non-hydrogen) atoms. The van der Waals surface area contributed by atoms with Gasteiger partial charge in [-0.1, -0.05) is 10.3 Å². The van der Waals surface area contributed by atoms with Gasteiger partial charge in [-0.25, -0.2) is 4.68 Å². The van der Waals surface area contributed by atoms with Crippen molar-refractivity contribution < 1.29 is 9.21 Å². The Morgan fingerprint density at radius 3 is 3.00 bits per heavy atom. The summed E-state index contributed by atoms with van der Waals surface area (Å²) < 4.78 is 6.49. The molecular weight excluding hydrogens is 250 g/mol. The van der Waals surface area contributed by atoms with E-state index in [2.05, 4.69) is 25.8 Å². The minimum absolute atomic E-state index is 0.0387. The molecule has 2 heterocycles. The highest BCUT2D eigenvalue weighted by atomic mass is 16.4. The molecule has 0 unspecified atom stereocenters. The molecule has 9 heteroatoms. The average Bonchev–Trinajstić information content (AvgIpc) is 2.96. The number of nitrogens with zero attached hydrogens (tertiary/aromatic N) is 5. The lowest BCUT2D eigenvalue weighted by Crippen LogP contribution is -2.19. The predicted molar refractivity (Wildman–Crippen MR) is 65.1 cm³/mol. The molecular formula is C10H15N7O2. The number of amides is 1. The van der Waals surface area contributed by atoms with E-state index in [0.717, 1.165) is 18.5 Å². The zero-order chi connectivity index (χ0) is 13.7. The monoisotopic (exact) mass is 265 g/mol. The molecule has 3 N–H and O–H groups in total. The van der Waals surface area contributed by atoms with Crippen LogP contribution < -0.4 is 11.1 Å². The van der Waals surface area contributed by atoms with Gasteiger partial charge in [0.05, 0.1) is 5.69 Å². The van der Waals surface area contributed by atoms with Crippen LogP contribution in [0.4, 0.5) is 6.01 Å². The lowest BCUT2D eigenvalue weighted by atomic mass is 10.2. The highest BCUT2D eigenvalue weighted by Gasteiger charge is 2.09. The maximum atomic E-state index is 11.7. The Labute approximate surface area is 109 Å². The van der Waals surface area contributed by atoms with E-state index in [9.17, 15) is 4.79 Å². The van der Waals surface area contributed by atoms with E-state index in [0.29, 0.717) is 12.4 Å². The lowest BCUT2D eigenvalue weighted by molar-refractivity contribution is -0.117. The van der Waals surface area contributed by atoms with Crippen LogP contribution in [0.3, 0.4) is 0 Å². The van der Waals surface area contributed by atoms with Crippen LogP contribution in [-0.2, 0) is 17.8 Å². The third-order valence-corrected chi connectivity index (χ3v) is 2.30. The van der Waals surface area contributed by atoms with Crippen LogP contribution in [0.1, 0.15) is 18.0 Å². The number of aromatic nitrogens is 5. The van der Waals surface area contributed by atoms with Gasteiger partial charge in [0.25, 0.3) is 0 Å². The van der Waals surface area contributed by atoms with E-state index in [-0.39, 0.29) is 18.5 Å². The van der Waals surface area contributed by atoms with Gasteiger partial charge in [-0.05, 0) is 19.4 Å². The van der Waals surface area contributed by atoms with Crippen LogP contribution in [0.25, 0.3) is 0 Å². The summed E-state index contributed by atoms with van der Waals surface area (Å²) in [7, 11) is 0. The van der Waals surface area contributed by atoms with Crippen LogP contribution in [-0.4, -0.2) is 37.6 Å². The Kier molecular flexibility index (Phi) is 4.18. The molecule has 0 aliphatic rings. The largest absolute Gasteiger partial charge is 0.408 e. The zero-order valence-electron chi connectivity index (χ0n) is 10.5. The minimum atomic E-state index is -0.307. The Morgan fingerprint density at radius 1 is 1.47 bits per heavy atom. The van der Waals surface area contributed by atoms with E-state index < -0.39 is 0 Å². The van der Waals surface area contributed by atoms with Crippen molar-refractivity contribution in [1.82, 2.24) is 25.2 Å². The quantitative estimate of drug-likeness (QED) is 0.721. The summed E-state index contributed by atoms with van der Waals surface area (Å²) in [6, 6.07) is 0.0750. The number of nitrogens with two attached hydrogens (primary N) is 1. The molecule has 0 fully saturated rings. The van der Waals surface area contributed by atoms with Gasteiger partial charge in [0.15, 0.2) is 0 Å². The average molecular weight is 265 g/mol. The number of rotatable bonds is 6. The summed E-state index contributed by atoms with van der Waals surface area (Å²) in [6.45, 7) is 2.28. The Morgan fingerprint density at radius 2 is 2.32 bits per heavy atom. The van der Waals surface area contributed by atoms with Crippen molar-refractivity contribution in [3.63, 3.8) is 0 Å². The second kappa shape index (κ2) is 6.05. The van der Waals surface area contributed by atoms with Crippen molar-refractivity contribution in [3.05, 3.63) is 17.8 Å². The van der Waals surface area contributed by atoms with E-state index in [1.165, 1.54) is 4.68 Å². The fourth-order valence-electron chi connectivity index (χ4n) is 1.47. The molecule has 0 spiro atoms. The Balaban J connectivity index is 1.86. The van der Waals surface area contributed by atoms with Crippen LogP contribution in [0.2, 0.25) is 0 Å². The number of hydrogen-bond donors (Lipinski definition) is 2. The number of nitrogens with one attached hydrogen (secondary N) is 1. The Hall–Kier alpha value is -2.29. The van der Waals surface area contributed by atoms with Crippen molar-refractivity contribution in [2.24, 2.45) is 5.73 Å². The van der Waals surface area contributed by atoms with Crippen molar-refractivity contribution in [1.29, 1.82) is 0 Å². The summed E-state index contributed by atoms with van der Waals surface area (Å²) >= 11 is 0. The molecule has 2 rings (SSSR count). The maximum Gasteiger partial charge on any atom is 0.322 e. The van der Waals surface area contributed by atoms with Gasteiger partial charge in [-0.2, -0.15) is 0 Å². The van der Waals surface area contributed by atoms with Crippen molar-refractivity contribution in [3.8, 4) is 0 Å². The molecule has 2 aromatic rings. The lowest BCUT2D eigenvalue weighted by Gasteiger charge is -1.99. The first-order valence-corrected chi connectivity index (χ1v) is 5.86. The summed E-state index contributed by atoms with van der Waals surface area (Å²) in [5.41, 5.74) is 6.22. The molecule has 9 nitrogen and oxygen atoms in total. The molecule has 2 aromatic heterocycles. The first-order valence-electron chi connectivity index (χ1n) is 5.86. The highest BCUT2D eigenvalue weighted by molar-refractivity contribution is 5.88. The second-order valence-corrected chi connectivity index (χ2v) is 3.97. The summed E-state index contributed by atoms with van der Waals surface area (Å²) in [5, 5.41) is 17.5. The molecule has 0 aliphatic carbocycles. The number of aryl methyl sites for hydroxylation is 2. The van der Waals surface area contributed by atoms with E-state index in [1.807, 2.05) is 0 Å². The number of hydrogen-bond acceptors (Lipinski definition) is 7. The molecule has 0 aromatic carbocycles. The van der Waals surface area contributed by atoms with Gasteiger partial charge in [-0.15, -0.1) is 10.2 Å². The number of anilines is 1. The van der Waals surface area contributed by atoms with Gasteiger partial charge in [0.1, 0.15) is 6.54 Å². The van der Waals surface area contributed by atoms with E-state index in [4.69, 9.17) is 10.2 Å². The fourth-order valence-corrected chi connectivity index (χ4v) is 1.47. The van der Waals surface area contributed by atoms with Gasteiger partial charge in [0.2, 0.25) is 11.8 Å². The molecule has 0 aliphatic heterocycles.